The van der Waals surface area contributed by atoms with Crippen molar-refractivity contribution in [3.8, 4) is 11.5 Å². The maximum Gasteiger partial charge on any atom is 0.312 e. The standard InChI is InChI=1S/C15H17NO4/c1-8-5-11(9(2)15(17)18)16-12-6-10(19-3)7-13(20-4)14(8)12/h5-7,9H,1-4H3,(H,17,18). The molecule has 2 rings (SSSR count). The van der Waals surface area contributed by atoms with Crippen LogP contribution in [0.1, 0.15) is 24.1 Å². The van der Waals surface area contributed by atoms with Gasteiger partial charge in [0.15, 0.2) is 0 Å². The molecule has 1 N–H and O–H groups in total. The molecular weight excluding hydrogens is 258 g/mol. The van der Waals surface area contributed by atoms with Crippen LogP contribution in [0.5, 0.6) is 11.5 Å². The highest BCUT2D eigenvalue weighted by molar-refractivity contribution is 5.90. The Hall–Kier alpha value is -2.30. The fourth-order valence-corrected chi connectivity index (χ4v) is 2.15. The molecule has 1 aromatic carbocycles. The number of methoxy groups -OCH3 is 2. The molecule has 0 bridgehead atoms. The predicted molar refractivity (Wildman–Crippen MR) is 75.6 cm³/mol. The fourth-order valence-electron chi connectivity index (χ4n) is 2.15. The summed E-state index contributed by atoms with van der Waals surface area (Å²) in [5.74, 6) is -0.262. The van der Waals surface area contributed by atoms with Crippen LogP contribution in [0.2, 0.25) is 0 Å². The summed E-state index contributed by atoms with van der Waals surface area (Å²) in [6, 6.07) is 5.36. The Morgan fingerprint density at radius 2 is 1.95 bits per heavy atom. The van der Waals surface area contributed by atoms with Gasteiger partial charge in [-0.1, -0.05) is 0 Å². The topological polar surface area (TPSA) is 68.7 Å². The van der Waals surface area contributed by atoms with E-state index in [1.807, 2.05) is 6.92 Å². The van der Waals surface area contributed by atoms with Gasteiger partial charge < -0.3 is 14.6 Å². The van der Waals surface area contributed by atoms with Crippen LogP contribution >= 0.6 is 0 Å². The molecule has 0 radical (unpaired) electrons. The highest BCUT2D eigenvalue weighted by Crippen LogP contribution is 2.33. The lowest BCUT2D eigenvalue weighted by molar-refractivity contribution is -0.138. The molecule has 2 aromatic rings. The SMILES string of the molecule is COc1cc(OC)c2c(C)cc(C(C)C(=O)O)nc2c1. The lowest BCUT2D eigenvalue weighted by atomic mass is 10.0. The number of ether oxygens (including phenoxy) is 2. The minimum Gasteiger partial charge on any atom is -0.497 e. The van der Waals surface area contributed by atoms with Crippen molar-refractivity contribution in [3.05, 3.63) is 29.5 Å². The third-order valence-electron chi connectivity index (χ3n) is 3.33. The number of carboxylic acids is 1. The summed E-state index contributed by atoms with van der Waals surface area (Å²) in [6.07, 6.45) is 0. The van der Waals surface area contributed by atoms with Crippen molar-refractivity contribution >= 4 is 16.9 Å². The average Bonchev–Trinajstić information content (AvgIpc) is 2.44. The lowest BCUT2D eigenvalue weighted by Crippen LogP contribution is -2.10. The second-order valence-electron chi connectivity index (χ2n) is 4.65. The number of hydrogen-bond donors (Lipinski definition) is 1. The van der Waals surface area contributed by atoms with Gasteiger partial charge in [-0.25, -0.2) is 0 Å². The molecule has 0 aliphatic rings. The van der Waals surface area contributed by atoms with Gasteiger partial charge in [0, 0.05) is 17.5 Å². The highest BCUT2D eigenvalue weighted by Gasteiger charge is 2.18. The van der Waals surface area contributed by atoms with Crippen LogP contribution in [0.15, 0.2) is 18.2 Å². The number of nitrogens with zero attached hydrogens (tertiary/aromatic N) is 1. The summed E-state index contributed by atoms with van der Waals surface area (Å²) in [5.41, 5.74) is 2.12. The molecule has 0 amide bonds. The number of aryl methyl sites for hydroxylation is 1. The molecule has 0 saturated heterocycles. The maximum atomic E-state index is 11.1. The van der Waals surface area contributed by atoms with Crippen molar-refractivity contribution in [2.24, 2.45) is 0 Å². The zero-order chi connectivity index (χ0) is 14.9. The number of carbonyl (C=O) groups is 1. The van der Waals surface area contributed by atoms with Crippen LogP contribution in [-0.4, -0.2) is 30.3 Å². The van der Waals surface area contributed by atoms with Crippen molar-refractivity contribution in [2.45, 2.75) is 19.8 Å². The van der Waals surface area contributed by atoms with Crippen LogP contribution in [0.4, 0.5) is 0 Å². The summed E-state index contributed by atoms with van der Waals surface area (Å²) in [6.45, 7) is 3.53. The van der Waals surface area contributed by atoms with Crippen molar-refractivity contribution in [1.29, 1.82) is 0 Å². The number of rotatable bonds is 4. The number of carboxylic acid groups (broad SMARTS) is 1. The second kappa shape index (κ2) is 5.36. The number of fused-ring (bicyclic) bond motifs is 1. The summed E-state index contributed by atoms with van der Waals surface area (Å²) in [5, 5.41) is 9.98. The highest BCUT2D eigenvalue weighted by atomic mass is 16.5. The van der Waals surface area contributed by atoms with E-state index in [0.29, 0.717) is 22.7 Å². The van der Waals surface area contributed by atoms with Crippen molar-refractivity contribution in [1.82, 2.24) is 4.98 Å². The van der Waals surface area contributed by atoms with Gasteiger partial charge in [0.2, 0.25) is 0 Å². The Bertz CT molecular complexity index is 666. The number of benzene rings is 1. The Kier molecular flexibility index (Phi) is 3.79. The predicted octanol–water partition coefficient (Wildman–Crippen LogP) is 2.75. The Morgan fingerprint density at radius 1 is 1.25 bits per heavy atom. The molecule has 0 fully saturated rings. The quantitative estimate of drug-likeness (QED) is 0.929. The number of aliphatic carboxylic acids is 1. The fraction of sp³-hybridized carbons (Fsp3) is 0.333. The molecule has 0 spiro atoms. The molecule has 1 atom stereocenters. The third-order valence-corrected chi connectivity index (χ3v) is 3.33. The molecule has 0 saturated carbocycles. The Morgan fingerprint density at radius 3 is 2.50 bits per heavy atom. The number of pyridine rings is 1. The Labute approximate surface area is 117 Å². The zero-order valence-electron chi connectivity index (χ0n) is 11.9. The van der Waals surface area contributed by atoms with Gasteiger partial charge in [-0.2, -0.15) is 0 Å². The van der Waals surface area contributed by atoms with E-state index < -0.39 is 11.9 Å². The zero-order valence-corrected chi connectivity index (χ0v) is 11.9. The minimum atomic E-state index is -0.897. The van der Waals surface area contributed by atoms with E-state index in [2.05, 4.69) is 4.98 Å². The molecule has 1 aromatic heterocycles. The van der Waals surface area contributed by atoms with E-state index in [0.717, 1.165) is 10.9 Å². The van der Waals surface area contributed by atoms with Gasteiger partial charge in [-0.3, -0.25) is 9.78 Å². The first kappa shape index (κ1) is 14.1. The van der Waals surface area contributed by atoms with E-state index in [4.69, 9.17) is 14.6 Å². The first-order valence-electron chi connectivity index (χ1n) is 6.24. The summed E-state index contributed by atoms with van der Waals surface area (Å²) >= 11 is 0. The van der Waals surface area contributed by atoms with Crippen LogP contribution < -0.4 is 9.47 Å². The monoisotopic (exact) mass is 275 g/mol. The molecule has 5 nitrogen and oxygen atoms in total. The summed E-state index contributed by atoms with van der Waals surface area (Å²) < 4.78 is 10.6. The number of aromatic nitrogens is 1. The van der Waals surface area contributed by atoms with Crippen LogP contribution in [0, 0.1) is 6.92 Å². The van der Waals surface area contributed by atoms with Crippen LogP contribution in [-0.2, 0) is 4.79 Å². The molecule has 0 aliphatic carbocycles. The van der Waals surface area contributed by atoms with Gasteiger partial charge in [0.05, 0.1) is 31.3 Å². The van der Waals surface area contributed by atoms with Crippen LogP contribution in [0.3, 0.4) is 0 Å². The average molecular weight is 275 g/mol. The van der Waals surface area contributed by atoms with E-state index in [1.165, 1.54) is 0 Å². The normalized spacial score (nSPS) is 12.2. The van der Waals surface area contributed by atoms with E-state index in [1.54, 1.807) is 39.3 Å². The largest absolute Gasteiger partial charge is 0.497 e. The third kappa shape index (κ3) is 2.39. The van der Waals surface area contributed by atoms with Gasteiger partial charge in [-0.05, 0) is 25.5 Å². The van der Waals surface area contributed by atoms with Gasteiger partial charge in [0.25, 0.3) is 0 Å². The first-order valence-corrected chi connectivity index (χ1v) is 6.24. The smallest absolute Gasteiger partial charge is 0.312 e. The first-order chi connectivity index (χ1) is 9.47. The van der Waals surface area contributed by atoms with Crippen LogP contribution in [0.25, 0.3) is 10.9 Å². The van der Waals surface area contributed by atoms with Crippen molar-refractivity contribution in [2.75, 3.05) is 14.2 Å². The second-order valence-corrected chi connectivity index (χ2v) is 4.65. The van der Waals surface area contributed by atoms with E-state index in [-0.39, 0.29) is 0 Å². The van der Waals surface area contributed by atoms with Crippen molar-refractivity contribution < 1.29 is 19.4 Å². The van der Waals surface area contributed by atoms with E-state index in [9.17, 15) is 4.79 Å². The summed E-state index contributed by atoms with van der Waals surface area (Å²) in [7, 11) is 3.15. The number of hydrogen-bond acceptors (Lipinski definition) is 4. The molecule has 20 heavy (non-hydrogen) atoms. The summed E-state index contributed by atoms with van der Waals surface area (Å²) in [4.78, 5) is 15.5. The van der Waals surface area contributed by atoms with E-state index >= 15 is 0 Å². The Balaban J connectivity index is 2.73. The molecule has 0 aliphatic heterocycles. The molecule has 5 heteroatoms. The molecule has 1 heterocycles. The van der Waals surface area contributed by atoms with Gasteiger partial charge in [-0.15, -0.1) is 0 Å². The lowest BCUT2D eigenvalue weighted by Gasteiger charge is -2.13. The van der Waals surface area contributed by atoms with Gasteiger partial charge >= 0.3 is 5.97 Å². The van der Waals surface area contributed by atoms with Crippen molar-refractivity contribution in [3.63, 3.8) is 0 Å². The molecular formula is C15H17NO4. The minimum absolute atomic E-state index is 0.526. The maximum absolute atomic E-state index is 11.1. The molecule has 106 valence electrons. The van der Waals surface area contributed by atoms with Gasteiger partial charge in [0.1, 0.15) is 11.5 Å². The molecule has 1 unspecified atom stereocenters.